The van der Waals surface area contributed by atoms with E-state index in [1.54, 1.807) is 16.6 Å². The van der Waals surface area contributed by atoms with Crippen LogP contribution in [0.1, 0.15) is 40.2 Å². The highest BCUT2D eigenvalue weighted by Crippen LogP contribution is 2.42. The van der Waals surface area contributed by atoms with Crippen molar-refractivity contribution in [2.45, 2.75) is 52.1 Å². The Hall–Kier alpha value is -4.68. The quantitative estimate of drug-likeness (QED) is 0.418. The summed E-state index contributed by atoms with van der Waals surface area (Å²) in [5, 5.41) is 4.78. The number of halogens is 3. The van der Waals surface area contributed by atoms with E-state index in [1.165, 1.54) is 17.9 Å². The van der Waals surface area contributed by atoms with Crippen LogP contribution in [-0.2, 0) is 47.2 Å². The predicted molar refractivity (Wildman–Crippen MR) is 157 cm³/mol. The second-order valence-electron chi connectivity index (χ2n) is 11.6. The molecule has 3 aromatic rings. The Labute approximate surface area is 252 Å². The van der Waals surface area contributed by atoms with Gasteiger partial charge >= 0.3 is 6.18 Å². The maximum Gasteiger partial charge on any atom is 0.416 e. The van der Waals surface area contributed by atoms with Gasteiger partial charge in [0.15, 0.2) is 0 Å². The number of para-hydroxylation sites is 1. The van der Waals surface area contributed by atoms with Crippen molar-refractivity contribution in [3.63, 3.8) is 0 Å². The van der Waals surface area contributed by atoms with Crippen molar-refractivity contribution in [1.29, 1.82) is 0 Å². The van der Waals surface area contributed by atoms with Gasteiger partial charge in [-0.25, -0.2) is 4.98 Å². The minimum absolute atomic E-state index is 0.0408. The van der Waals surface area contributed by atoms with E-state index in [2.05, 4.69) is 16.5 Å². The maximum absolute atomic E-state index is 14.1. The second-order valence-corrected chi connectivity index (χ2v) is 11.6. The highest BCUT2D eigenvalue weighted by Gasteiger charge is 2.49. The van der Waals surface area contributed by atoms with Crippen molar-refractivity contribution >= 4 is 34.9 Å². The van der Waals surface area contributed by atoms with E-state index in [0.29, 0.717) is 25.3 Å². The number of anilines is 3. The third-order valence-electron chi connectivity index (χ3n) is 8.75. The zero-order valence-corrected chi connectivity index (χ0v) is 24.9. The van der Waals surface area contributed by atoms with Crippen molar-refractivity contribution in [3.8, 4) is 0 Å². The van der Waals surface area contributed by atoms with Crippen molar-refractivity contribution in [3.05, 3.63) is 76.8 Å². The van der Waals surface area contributed by atoms with E-state index in [1.807, 2.05) is 32.2 Å². The first-order valence-corrected chi connectivity index (χ1v) is 14.2. The third-order valence-corrected chi connectivity index (χ3v) is 8.75. The Morgan fingerprint density at radius 2 is 1.89 bits per heavy atom. The van der Waals surface area contributed by atoms with Gasteiger partial charge in [0.1, 0.15) is 11.9 Å². The first-order valence-electron chi connectivity index (χ1n) is 14.2. The van der Waals surface area contributed by atoms with Crippen LogP contribution in [0, 0.1) is 19.8 Å². The van der Waals surface area contributed by atoms with Crippen molar-refractivity contribution in [1.82, 2.24) is 19.7 Å². The summed E-state index contributed by atoms with van der Waals surface area (Å²) in [6, 6.07) is 6.29. The number of carbonyl (C=O) groups is 3. The number of aryl methyl sites for hydroxylation is 3. The van der Waals surface area contributed by atoms with E-state index in [4.69, 9.17) is 5.10 Å². The molecule has 2 aromatic heterocycles. The van der Waals surface area contributed by atoms with Gasteiger partial charge in [0.2, 0.25) is 17.7 Å². The average molecular weight is 608 g/mol. The van der Waals surface area contributed by atoms with Gasteiger partial charge in [-0.1, -0.05) is 18.7 Å². The van der Waals surface area contributed by atoms with Gasteiger partial charge in [-0.3, -0.25) is 24.0 Å². The van der Waals surface area contributed by atoms with Crippen LogP contribution in [0.4, 0.5) is 30.4 Å². The molecular weight excluding hydrogens is 575 g/mol. The van der Waals surface area contributed by atoms with E-state index in [9.17, 15) is 27.6 Å². The molecule has 0 spiro atoms. The summed E-state index contributed by atoms with van der Waals surface area (Å²) in [5.74, 6) is -1.78. The highest BCUT2D eigenvalue weighted by molar-refractivity contribution is 6.10. The molecule has 10 nitrogen and oxygen atoms in total. The molecule has 5 heterocycles. The molecule has 1 saturated heterocycles. The molecule has 3 aliphatic heterocycles. The molecule has 13 heteroatoms. The SMILES string of the molecule is C=CC(=O)N1Cc2c(CN3C[C@H]4CC(=O)N(c5cc(C(F)(F)F)cc(C)n5)[C@@H]4C(=O)N(C)c4cccc(C)c43)nn(C)c2C1. The van der Waals surface area contributed by atoms with E-state index < -0.39 is 35.5 Å². The Morgan fingerprint density at radius 1 is 1.14 bits per heavy atom. The van der Waals surface area contributed by atoms with E-state index in [-0.39, 0.29) is 30.4 Å². The van der Waals surface area contributed by atoms with Crippen LogP contribution in [-0.4, -0.2) is 57.0 Å². The lowest BCUT2D eigenvalue weighted by molar-refractivity contribution is -0.137. The molecular formula is C31H32F3N7O3. The number of fused-ring (bicyclic) bond motifs is 3. The lowest BCUT2D eigenvalue weighted by Gasteiger charge is -2.39. The van der Waals surface area contributed by atoms with Gasteiger partial charge in [-0.2, -0.15) is 18.3 Å². The molecule has 2 atom stereocenters. The van der Waals surface area contributed by atoms with E-state index >= 15 is 0 Å². The van der Waals surface area contributed by atoms with Crippen molar-refractivity contribution in [2.75, 3.05) is 28.3 Å². The molecule has 3 amide bonds. The Kier molecular flexibility index (Phi) is 7.01. The number of likely N-dealkylation sites (N-methyl/N-ethyl adjacent to an activating group) is 1. The molecule has 6 rings (SSSR count). The molecule has 0 unspecified atom stereocenters. The summed E-state index contributed by atoms with van der Waals surface area (Å²) in [4.78, 5) is 50.7. The molecule has 0 aliphatic carbocycles. The van der Waals surface area contributed by atoms with Crippen LogP contribution >= 0.6 is 0 Å². The Bertz CT molecular complexity index is 1720. The number of hydrogen-bond donors (Lipinski definition) is 0. The number of benzene rings is 1. The number of rotatable bonds is 4. The molecule has 0 radical (unpaired) electrons. The van der Waals surface area contributed by atoms with Crippen LogP contribution in [0.25, 0.3) is 0 Å². The first kappa shape index (κ1) is 29.4. The number of pyridine rings is 1. The summed E-state index contributed by atoms with van der Waals surface area (Å²) >= 11 is 0. The summed E-state index contributed by atoms with van der Waals surface area (Å²) in [6.07, 6.45) is -3.40. The predicted octanol–water partition coefficient (Wildman–Crippen LogP) is 3.88. The van der Waals surface area contributed by atoms with Crippen LogP contribution in [0.15, 0.2) is 43.0 Å². The summed E-state index contributed by atoms with van der Waals surface area (Å²) in [7, 11) is 3.45. The second kappa shape index (κ2) is 10.5. The lowest BCUT2D eigenvalue weighted by Crippen LogP contribution is -2.52. The minimum atomic E-state index is -4.64. The molecule has 1 fully saturated rings. The third kappa shape index (κ3) is 4.80. The van der Waals surface area contributed by atoms with Crippen molar-refractivity contribution < 1.29 is 27.6 Å². The van der Waals surface area contributed by atoms with Gasteiger partial charge in [0.25, 0.3) is 0 Å². The summed E-state index contributed by atoms with van der Waals surface area (Å²) in [6.45, 7) is 8.36. The summed E-state index contributed by atoms with van der Waals surface area (Å²) in [5.41, 5.74) is 4.10. The van der Waals surface area contributed by atoms with Gasteiger partial charge < -0.3 is 14.7 Å². The number of amides is 3. The minimum Gasteiger partial charge on any atom is -0.363 e. The fraction of sp³-hybridized carbons (Fsp3) is 0.387. The number of carbonyl (C=O) groups excluding carboxylic acids is 3. The zero-order valence-electron chi connectivity index (χ0n) is 24.9. The molecule has 44 heavy (non-hydrogen) atoms. The molecule has 0 saturated carbocycles. The van der Waals surface area contributed by atoms with E-state index in [0.717, 1.165) is 45.2 Å². The molecule has 1 aromatic carbocycles. The maximum atomic E-state index is 14.1. The number of aromatic nitrogens is 3. The lowest BCUT2D eigenvalue weighted by atomic mass is 9.94. The molecule has 230 valence electrons. The van der Waals surface area contributed by atoms with Crippen LogP contribution in [0.5, 0.6) is 0 Å². The van der Waals surface area contributed by atoms with Crippen molar-refractivity contribution in [2.24, 2.45) is 13.0 Å². The molecule has 3 aliphatic rings. The van der Waals surface area contributed by atoms with Crippen LogP contribution in [0.2, 0.25) is 0 Å². The van der Waals surface area contributed by atoms with Gasteiger partial charge in [0.05, 0.1) is 48.0 Å². The van der Waals surface area contributed by atoms with Crippen LogP contribution in [0.3, 0.4) is 0 Å². The largest absolute Gasteiger partial charge is 0.416 e. The normalized spacial score (nSPS) is 20.0. The van der Waals surface area contributed by atoms with Gasteiger partial charge in [0, 0.05) is 44.2 Å². The van der Waals surface area contributed by atoms with Gasteiger partial charge in [-0.05, 0) is 43.7 Å². The monoisotopic (exact) mass is 607 g/mol. The van der Waals surface area contributed by atoms with Crippen LogP contribution < -0.4 is 14.7 Å². The molecule has 0 bridgehead atoms. The topological polar surface area (TPSA) is 94.9 Å². The average Bonchev–Trinajstić information content (AvgIpc) is 3.63. The molecule has 0 N–H and O–H groups in total. The standard InChI is InChI=1S/C31H32F3N7O3/c1-6-26(42)39-14-21-22(36-38(5)24(21)16-39)15-40-13-19-11-27(43)41(25-12-20(31(32,33)34)10-18(3)35-25)29(19)30(44)37(4)23-9-7-8-17(2)28(23)40/h6-10,12,19,29H,1,11,13-16H2,2-5H3/t19-,29+/m1/s1. The highest BCUT2D eigenvalue weighted by atomic mass is 19.4. The smallest absolute Gasteiger partial charge is 0.363 e. The Morgan fingerprint density at radius 3 is 2.59 bits per heavy atom. The van der Waals surface area contributed by atoms with Gasteiger partial charge in [-0.15, -0.1) is 0 Å². The Balaban J connectivity index is 1.42. The number of hydrogen-bond acceptors (Lipinski definition) is 6. The summed E-state index contributed by atoms with van der Waals surface area (Å²) < 4.78 is 42.9. The fourth-order valence-electron chi connectivity index (χ4n) is 6.71. The zero-order chi connectivity index (χ0) is 31.7. The number of alkyl halides is 3. The fourth-order valence-corrected chi connectivity index (χ4v) is 6.71. The first-order chi connectivity index (χ1) is 20.8. The number of nitrogens with zero attached hydrogens (tertiary/aromatic N) is 7.